The van der Waals surface area contributed by atoms with Gasteiger partial charge in [-0.2, -0.15) is 0 Å². The summed E-state index contributed by atoms with van der Waals surface area (Å²) in [5.74, 6) is 2.23. The lowest BCUT2D eigenvalue weighted by molar-refractivity contribution is 0.223. The monoisotopic (exact) mass is 245 g/mol. The molecule has 2 aromatic rings. The number of nitrogens with two attached hydrogens (primary N) is 1. The second kappa shape index (κ2) is 4.19. The van der Waals surface area contributed by atoms with Crippen molar-refractivity contribution in [1.82, 2.24) is 9.55 Å². The molecule has 1 fully saturated rings. The molecule has 0 bridgehead atoms. The third-order valence-electron chi connectivity index (χ3n) is 3.72. The van der Waals surface area contributed by atoms with Crippen LogP contribution < -0.4 is 10.5 Å². The van der Waals surface area contributed by atoms with Gasteiger partial charge in [-0.05, 0) is 37.8 Å². The number of hydrogen-bond acceptors (Lipinski definition) is 3. The number of nitrogens with zero attached hydrogens (tertiary/aromatic N) is 2. The Bertz CT molecular complexity index is 570. The highest BCUT2D eigenvalue weighted by atomic mass is 16.5. The zero-order valence-corrected chi connectivity index (χ0v) is 10.9. The van der Waals surface area contributed by atoms with E-state index in [9.17, 15) is 0 Å². The smallest absolute Gasteiger partial charge is 0.201 e. The number of fused-ring (bicyclic) bond motifs is 1. The first-order valence-corrected chi connectivity index (χ1v) is 6.60. The molecular formula is C14H19N3O. The van der Waals surface area contributed by atoms with Crippen molar-refractivity contribution in [3.8, 4) is 5.75 Å². The average molecular weight is 245 g/mol. The summed E-state index contributed by atoms with van der Waals surface area (Å²) < 4.78 is 7.77. The lowest BCUT2D eigenvalue weighted by atomic mass is 9.81. The molecule has 96 valence electrons. The largest absolute Gasteiger partial charge is 0.492 e. The van der Waals surface area contributed by atoms with E-state index in [0.29, 0.717) is 18.6 Å². The highest BCUT2D eigenvalue weighted by Gasteiger charge is 2.29. The molecule has 0 atom stereocenters. The molecule has 1 heterocycles. The van der Waals surface area contributed by atoms with Crippen molar-refractivity contribution in [3.63, 3.8) is 0 Å². The molecule has 2 N–H and O–H groups in total. The van der Waals surface area contributed by atoms with Crippen LogP contribution in [0.15, 0.2) is 18.2 Å². The molecule has 1 aliphatic carbocycles. The first-order valence-electron chi connectivity index (χ1n) is 6.60. The van der Waals surface area contributed by atoms with E-state index in [4.69, 9.17) is 10.5 Å². The predicted molar refractivity (Wildman–Crippen MR) is 72.7 cm³/mol. The summed E-state index contributed by atoms with van der Waals surface area (Å²) in [6.45, 7) is 4.90. The molecule has 0 spiro atoms. The molecule has 4 heteroatoms. The van der Waals surface area contributed by atoms with Gasteiger partial charge in [0.05, 0.1) is 12.1 Å². The molecule has 0 unspecified atom stereocenters. The Hall–Kier alpha value is -1.71. The second-order valence-corrected chi connectivity index (χ2v) is 5.13. The molecule has 0 radical (unpaired) electrons. The van der Waals surface area contributed by atoms with E-state index >= 15 is 0 Å². The summed E-state index contributed by atoms with van der Waals surface area (Å²) in [6, 6.07) is 6.53. The van der Waals surface area contributed by atoms with Crippen LogP contribution in [0.5, 0.6) is 5.75 Å². The Labute approximate surface area is 107 Å². The van der Waals surface area contributed by atoms with Crippen molar-refractivity contribution in [2.75, 3.05) is 12.3 Å². The molecule has 1 saturated carbocycles. The number of aromatic nitrogens is 2. The van der Waals surface area contributed by atoms with E-state index in [1.165, 1.54) is 12.8 Å². The molecule has 0 amide bonds. The van der Waals surface area contributed by atoms with Crippen molar-refractivity contribution >= 4 is 17.0 Å². The van der Waals surface area contributed by atoms with Gasteiger partial charge in [0.1, 0.15) is 11.3 Å². The third kappa shape index (κ3) is 1.64. The second-order valence-electron chi connectivity index (χ2n) is 5.13. The summed E-state index contributed by atoms with van der Waals surface area (Å²) >= 11 is 0. The minimum absolute atomic E-state index is 0.502. The van der Waals surface area contributed by atoms with E-state index in [-0.39, 0.29) is 0 Å². The number of rotatable bonds is 3. The molecule has 4 nitrogen and oxygen atoms in total. The van der Waals surface area contributed by atoms with Crippen LogP contribution in [0.3, 0.4) is 0 Å². The Kier molecular flexibility index (Phi) is 2.65. The maximum atomic E-state index is 6.07. The fourth-order valence-corrected chi connectivity index (χ4v) is 2.84. The highest BCUT2D eigenvalue weighted by Crippen LogP contribution is 2.41. The number of imidazole rings is 1. The molecule has 3 rings (SSSR count). The molecule has 18 heavy (non-hydrogen) atoms. The summed E-state index contributed by atoms with van der Waals surface area (Å²) in [6.07, 6.45) is 2.38. The zero-order chi connectivity index (χ0) is 12.7. The van der Waals surface area contributed by atoms with Gasteiger partial charge < -0.3 is 15.0 Å². The van der Waals surface area contributed by atoms with Gasteiger partial charge in [-0.25, -0.2) is 4.98 Å². The van der Waals surface area contributed by atoms with E-state index in [2.05, 4.69) is 22.5 Å². The van der Waals surface area contributed by atoms with Gasteiger partial charge in [0, 0.05) is 6.04 Å². The topological polar surface area (TPSA) is 53.1 Å². The van der Waals surface area contributed by atoms with Gasteiger partial charge in [0.15, 0.2) is 0 Å². The van der Waals surface area contributed by atoms with Crippen LogP contribution in [0.4, 0.5) is 5.95 Å². The maximum Gasteiger partial charge on any atom is 0.201 e. The fourth-order valence-electron chi connectivity index (χ4n) is 2.84. The van der Waals surface area contributed by atoms with Gasteiger partial charge >= 0.3 is 0 Å². The third-order valence-corrected chi connectivity index (χ3v) is 3.72. The zero-order valence-electron chi connectivity index (χ0n) is 10.9. The Morgan fingerprint density at radius 1 is 1.44 bits per heavy atom. The number of hydrogen-bond donors (Lipinski definition) is 1. The van der Waals surface area contributed by atoms with Crippen molar-refractivity contribution in [3.05, 3.63) is 18.2 Å². The summed E-state index contributed by atoms with van der Waals surface area (Å²) in [5, 5.41) is 0. The van der Waals surface area contributed by atoms with Crippen LogP contribution in [-0.2, 0) is 0 Å². The summed E-state index contributed by atoms with van der Waals surface area (Å²) in [5.41, 5.74) is 8.05. The highest BCUT2D eigenvalue weighted by molar-refractivity contribution is 5.84. The normalized spacial score (nSPS) is 23.0. The van der Waals surface area contributed by atoms with Crippen LogP contribution in [0.1, 0.15) is 32.7 Å². The molecule has 1 aromatic carbocycles. The molecule has 0 saturated heterocycles. The van der Waals surface area contributed by atoms with Gasteiger partial charge in [0.2, 0.25) is 5.95 Å². The number of ether oxygens (including phenoxy) is 1. The van der Waals surface area contributed by atoms with Crippen molar-refractivity contribution in [1.29, 1.82) is 0 Å². The number of para-hydroxylation sites is 1. The molecule has 0 aliphatic heterocycles. The van der Waals surface area contributed by atoms with Crippen LogP contribution in [0, 0.1) is 5.92 Å². The average Bonchev–Trinajstić information content (AvgIpc) is 2.63. The lowest BCUT2D eigenvalue weighted by Crippen LogP contribution is -2.25. The predicted octanol–water partition coefficient (Wildman–Crippen LogP) is 2.99. The minimum Gasteiger partial charge on any atom is -0.492 e. The van der Waals surface area contributed by atoms with Crippen LogP contribution in [0.25, 0.3) is 11.0 Å². The van der Waals surface area contributed by atoms with E-state index < -0.39 is 0 Å². The summed E-state index contributed by atoms with van der Waals surface area (Å²) in [7, 11) is 0. The van der Waals surface area contributed by atoms with Gasteiger partial charge in [0.25, 0.3) is 0 Å². The van der Waals surface area contributed by atoms with Gasteiger partial charge in [-0.1, -0.05) is 13.0 Å². The number of benzene rings is 1. The Morgan fingerprint density at radius 2 is 2.22 bits per heavy atom. The first kappa shape index (κ1) is 11.4. The quantitative estimate of drug-likeness (QED) is 0.904. The van der Waals surface area contributed by atoms with Gasteiger partial charge in [-0.15, -0.1) is 0 Å². The Balaban J connectivity index is 2.09. The summed E-state index contributed by atoms with van der Waals surface area (Å²) in [4.78, 5) is 4.48. The fraction of sp³-hybridized carbons (Fsp3) is 0.500. The maximum absolute atomic E-state index is 6.07. The van der Waals surface area contributed by atoms with E-state index in [0.717, 1.165) is 22.7 Å². The number of nitrogen functional groups attached to an aromatic ring is 1. The van der Waals surface area contributed by atoms with Crippen molar-refractivity contribution in [2.45, 2.75) is 32.7 Å². The SMILES string of the molecule is CCOc1cccc2c1nc(N)n2C1CC(C)C1. The van der Waals surface area contributed by atoms with E-state index in [1.807, 2.05) is 19.1 Å². The minimum atomic E-state index is 0.502. The van der Waals surface area contributed by atoms with E-state index in [1.54, 1.807) is 0 Å². The van der Waals surface area contributed by atoms with Gasteiger partial charge in [-0.3, -0.25) is 0 Å². The molecule has 1 aromatic heterocycles. The Morgan fingerprint density at radius 3 is 2.89 bits per heavy atom. The van der Waals surface area contributed by atoms with Crippen LogP contribution in [0.2, 0.25) is 0 Å². The first-order chi connectivity index (χ1) is 8.70. The van der Waals surface area contributed by atoms with Crippen LogP contribution in [-0.4, -0.2) is 16.2 Å². The van der Waals surface area contributed by atoms with Crippen molar-refractivity contribution < 1.29 is 4.74 Å². The number of anilines is 1. The lowest BCUT2D eigenvalue weighted by Gasteiger charge is -2.34. The van der Waals surface area contributed by atoms with Crippen LogP contribution >= 0.6 is 0 Å². The van der Waals surface area contributed by atoms with Crippen molar-refractivity contribution in [2.24, 2.45) is 5.92 Å². The molecule has 1 aliphatic rings. The molecular weight excluding hydrogens is 226 g/mol. The standard InChI is InChI=1S/C14H19N3O/c1-3-18-12-6-4-5-11-13(12)16-14(15)17(11)10-7-9(2)8-10/h4-6,9-10H,3,7-8H2,1-2H3,(H2,15,16).